The molecule has 19 heavy (non-hydrogen) atoms. The molecule has 0 heterocycles. The van der Waals surface area contributed by atoms with Crippen LogP contribution in [-0.2, 0) is 9.47 Å². The Kier molecular flexibility index (Phi) is 6.51. The summed E-state index contributed by atoms with van der Waals surface area (Å²) in [7, 11) is 1.83. The van der Waals surface area contributed by atoms with E-state index >= 15 is 0 Å². The minimum atomic E-state index is 0.347. The molecule has 2 unspecified atom stereocenters. The van der Waals surface area contributed by atoms with Crippen LogP contribution >= 0.6 is 12.6 Å². The molecular weight excluding hydrogens is 256 g/mol. The molecule has 0 amide bonds. The predicted octanol–water partition coefficient (Wildman–Crippen LogP) is 4.23. The van der Waals surface area contributed by atoms with Crippen LogP contribution in [-0.4, -0.2) is 31.7 Å². The van der Waals surface area contributed by atoms with Crippen molar-refractivity contribution < 1.29 is 9.47 Å². The molecule has 0 aromatic carbocycles. The van der Waals surface area contributed by atoms with Gasteiger partial charge in [0.25, 0.3) is 0 Å². The molecule has 2 aliphatic carbocycles. The number of rotatable bonds is 5. The molecular formula is C16H30O2S. The Labute approximate surface area is 124 Å². The van der Waals surface area contributed by atoms with Gasteiger partial charge in [-0.1, -0.05) is 25.7 Å². The number of methoxy groups -OCH3 is 1. The fourth-order valence-corrected chi connectivity index (χ4v) is 4.00. The topological polar surface area (TPSA) is 18.5 Å². The molecule has 0 spiro atoms. The first kappa shape index (κ1) is 15.7. The molecule has 3 heteroatoms. The van der Waals surface area contributed by atoms with Crippen LogP contribution in [0.15, 0.2) is 0 Å². The van der Waals surface area contributed by atoms with Gasteiger partial charge >= 0.3 is 0 Å². The van der Waals surface area contributed by atoms with Crippen molar-refractivity contribution in [3.05, 3.63) is 0 Å². The maximum absolute atomic E-state index is 6.28. The van der Waals surface area contributed by atoms with Gasteiger partial charge in [-0.2, -0.15) is 12.6 Å². The van der Waals surface area contributed by atoms with Gasteiger partial charge in [-0.3, -0.25) is 0 Å². The Morgan fingerprint density at radius 3 is 2.32 bits per heavy atom. The van der Waals surface area contributed by atoms with Crippen molar-refractivity contribution in [3.8, 4) is 0 Å². The van der Waals surface area contributed by atoms with Gasteiger partial charge in [0.05, 0.1) is 18.8 Å². The van der Waals surface area contributed by atoms with Crippen molar-refractivity contribution in [2.24, 2.45) is 5.41 Å². The Hall–Kier alpha value is 0.270. The van der Waals surface area contributed by atoms with Crippen molar-refractivity contribution in [1.82, 2.24) is 0 Å². The van der Waals surface area contributed by atoms with E-state index in [0.717, 1.165) is 18.8 Å². The molecule has 2 aliphatic rings. The Morgan fingerprint density at radius 1 is 1.00 bits per heavy atom. The molecule has 0 aromatic heterocycles. The zero-order chi connectivity index (χ0) is 13.6. The van der Waals surface area contributed by atoms with Crippen molar-refractivity contribution in [3.63, 3.8) is 0 Å². The molecule has 0 N–H and O–H groups in total. The van der Waals surface area contributed by atoms with Gasteiger partial charge in [0, 0.05) is 12.5 Å². The Bertz CT molecular complexity index is 249. The molecule has 2 saturated carbocycles. The van der Waals surface area contributed by atoms with Crippen LogP contribution in [0.2, 0.25) is 0 Å². The molecule has 0 aromatic rings. The third-order valence-corrected chi connectivity index (χ3v) is 5.71. The number of hydrogen-bond donors (Lipinski definition) is 1. The number of thiol groups is 1. The van der Waals surface area contributed by atoms with Gasteiger partial charge in [-0.25, -0.2) is 0 Å². The first-order valence-electron chi connectivity index (χ1n) is 8.03. The van der Waals surface area contributed by atoms with E-state index in [1.807, 2.05) is 7.11 Å². The number of ether oxygens (including phenoxy) is 2. The van der Waals surface area contributed by atoms with Crippen molar-refractivity contribution >= 4 is 12.6 Å². The highest BCUT2D eigenvalue weighted by molar-refractivity contribution is 7.80. The van der Waals surface area contributed by atoms with E-state index in [-0.39, 0.29) is 0 Å². The lowest BCUT2D eigenvalue weighted by Crippen LogP contribution is -2.34. The van der Waals surface area contributed by atoms with E-state index in [2.05, 4.69) is 12.6 Å². The Balaban J connectivity index is 1.81. The van der Waals surface area contributed by atoms with Crippen LogP contribution < -0.4 is 0 Å². The summed E-state index contributed by atoms with van der Waals surface area (Å²) in [6.07, 6.45) is 13.7. The fourth-order valence-electron chi connectivity index (χ4n) is 3.59. The smallest absolute Gasteiger partial charge is 0.0600 e. The third kappa shape index (κ3) is 4.64. The molecule has 2 rings (SSSR count). The van der Waals surface area contributed by atoms with Crippen molar-refractivity contribution in [2.45, 2.75) is 76.4 Å². The quantitative estimate of drug-likeness (QED) is 0.602. The highest BCUT2D eigenvalue weighted by Crippen LogP contribution is 2.37. The van der Waals surface area contributed by atoms with Gasteiger partial charge in [0.1, 0.15) is 0 Å². The van der Waals surface area contributed by atoms with Crippen molar-refractivity contribution in [1.29, 1.82) is 0 Å². The molecule has 0 aliphatic heterocycles. The maximum atomic E-state index is 6.28. The standard InChI is InChI=1S/C16H30O2S/c1-17-14-7-6-8-15(11-14)18-12-16(13-19)9-4-2-3-5-10-16/h14-15,19H,2-13H2,1H3. The van der Waals surface area contributed by atoms with E-state index in [1.54, 1.807) is 0 Å². The molecule has 112 valence electrons. The fraction of sp³-hybridized carbons (Fsp3) is 1.00. The summed E-state index contributed by atoms with van der Waals surface area (Å²) in [5.74, 6) is 0.980. The maximum Gasteiger partial charge on any atom is 0.0600 e. The minimum absolute atomic E-state index is 0.347. The van der Waals surface area contributed by atoms with Crippen molar-refractivity contribution in [2.75, 3.05) is 19.5 Å². The third-order valence-electron chi connectivity index (χ3n) is 5.04. The largest absolute Gasteiger partial charge is 0.381 e. The minimum Gasteiger partial charge on any atom is -0.381 e. The average molecular weight is 286 g/mol. The normalized spacial score (nSPS) is 31.9. The van der Waals surface area contributed by atoms with Crippen LogP contribution in [0.5, 0.6) is 0 Å². The SMILES string of the molecule is COC1CCCC(OCC2(CS)CCCCCC2)C1. The van der Waals surface area contributed by atoms with Gasteiger partial charge < -0.3 is 9.47 Å². The lowest BCUT2D eigenvalue weighted by atomic mass is 9.83. The monoisotopic (exact) mass is 286 g/mol. The highest BCUT2D eigenvalue weighted by Gasteiger charge is 2.32. The highest BCUT2D eigenvalue weighted by atomic mass is 32.1. The summed E-state index contributed by atoms with van der Waals surface area (Å²) in [5, 5.41) is 0. The zero-order valence-corrected chi connectivity index (χ0v) is 13.3. The molecule has 2 fully saturated rings. The summed E-state index contributed by atoms with van der Waals surface area (Å²) in [4.78, 5) is 0. The van der Waals surface area contributed by atoms with Crippen LogP contribution in [0.4, 0.5) is 0 Å². The number of hydrogen-bond acceptors (Lipinski definition) is 3. The summed E-state index contributed by atoms with van der Waals surface area (Å²) in [6.45, 7) is 0.914. The molecule has 0 radical (unpaired) electrons. The summed E-state index contributed by atoms with van der Waals surface area (Å²) < 4.78 is 11.8. The first-order valence-corrected chi connectivity index (χ1v) is 8.66. The summed E-state index contributed by atoms with van der Waals surface area (Å²) >= 11 is 4.63. The van der Waals surface area contributed by atoms with Crippen LogP contribution in [0.1, 0.15) is 64.2 Å². The summed E-state index contributed by atoms with van der Waals surface area (Å²) in [6, 6.07) is 0. The molecule has 0 saturated heterocycles. The second-order valence-electron chi connectivity index (χ2n) is 6.53. The van der Waals surface area contributed by atoms with Gasteiger partial charge in [0.15, 0.2) is 0 Å². The van der Waals surface area contributed by atoms with E-state index in [0.29, 0.717) is 17.6 Å². The lowest BCUT2D eigenvalue weighted by Gasteiger charge is -2.35. The van der Waals surface area contributed by atoms with E-state index < -0.39 is 0 Å². The van der Waals surface area contributed by atoms with Gasteiger partial charge in [-0.15, -0.1) is 0 Å². The lowest BCUT2D eigenvalue weighted by molar-refractivity contribution is -0.0576. The zero-order valence-electron chi connectivity index (χ0n) is 12.4. The predicted molar refractivity (Wildman–Crippen MR) is 83.0 cm³/mol. The Morgan fingerprint density at radius 2 is 1.68 bits per heavy atom. The average Bonchev–Trinajstić information content (AvgIpc) is 2.71. The van der Waals surface area contributed by atoms with Crippen LogP contribution in [0.3, 0.4) is 0 Å². The van der Waals surface area contributed by atoms with Gasteiger partial charge in [-0.05, 0) is 44.3 Å². The van der Waals surface area contributed by atoms with Gasteiger partial charge in [0.2, 0.25) is 0 Å². The van der Waals surface area contributed by atoms with E-state index in [1.165, 1.54) is 57.8 Å². The molecule has 2 atom stereocenters. The van der Waals surface area contributed by atoms with E-state index in [9.17, 15) is 0 Å². The van der Waals surface area contributed by atoms with E-state index in [4.69, 9.17) is 9.47 Å². The molecule has 2 nitrogen and oxygen atoms in total. The summed E-state index contributed by atoms with van der Waals surface area (Å²) in [5.41, 5.74) is 0.347. The van der Waals surface area contributed by atoms with Crippen LogP contribution in [0, 0.1) is 5.41 Å². The first-order chi connectivity index (χ1) is 9.28. The molecule has 0 bridgehead atoms. The second-order valence-corrected chi connectivity index (χ2v) is 6.85. The van der Waals surface area contributed by atoms with Crippen LogP contribution in [0.25, 0.3) is 0 Å². The second kappa shape index (κ2) is 7.90.